The molecule has 1 aromatic heterocycles. The lowest BCUT2D eigenvalue weighted by molar-refractivity contribution is 0.252. The van der Waals surface area contributed by atoms with Crippen molar-refractivity contribution in [3.63, 3.8) is 0 Å². The van der Waals surface area contributed by atoms with Gasteiger partial charge in [0.1, 0.15) is 0 Å². The lowest BCUT2D eigenvalue weighted by Crippen LogP contribution is -2.06. The summed E-state index contributed by atoms with van der Waals surface area (Å²) in [5, 5.41) is 7.34. The highest BCUT2D eigenvalue weighted by Crippen LogP contribution is 2.33. The summed E-state index contributed by atoms with van der Waals surface area (Å²) in [5.74, 6) is -2.42. The number of aromatic nitrogens is 2. The predicted molar refractivity (Wildman–Crippen MR) is 73.5 cm³/mol. The molecule has 0 saturated carbocycles. The number of hydrogen-bond donors (Lipinski definition) is 1. The number of aryl methyl sites for hydroxylation is 1. The van der Waals surface area contributed by atoms with E-state index in [9.17, 15) is 8.78 Å². The molecule has 1 unspecified atom stereocenters. The largest absolute Gasteiger partial charge is 0.377 e. The average molecular weight is 283 g/mol. The van der Waals surface area contributed by atoms with Crippen molar-refractivity contribution in [2.45, 2.75) is 23.6 Å². The molecule has 1 heterocycles. The first-order chi connectivity index (χ1) is 9.06. The van der Waals surface area contributed by atoms with E-state index in [-0.39, 0.29) is 6.04 Å². The van der Waals surface area contributed by atoms with E-state index >= 15 is 0 Å². The quantitative estimate of drug-likeness (QED) is 0.844. The Kier molecular flexibility index (Phi) is 4.42. The van der Waals surface area contributed by atoms with Crippen molar-refractivity contribution in [1.82, 2.24) is 9.78 Å². The zero-order valence-corrected chi connectivity index (χ0v) is 11.5. The van der Waals surface area contributed by atoms with E-state index in [0.29, 0.717) is 22.3 Å². The zero-order valence-electron chi connectivity index (χ0n) is 10.7. The highest BCUT2D eigenvalue weighted by atomic mass is 32.2. The molecule has 0 bridgehead atoms. The summed E-state index contributed by atoms with van der Waals surface area (Å²) < 4.78 is 26.7. The molecule has 6 heteroatoms. The van der Waals surface area contributed by atoms with Crippen LogP contribution in [-0.2, 0) is 7.05 Å². The van der Waals surface area contributed by atoms with Gasteiger partial charge in [0.2, 0.25) is 0 Å². The van der Waals surface area contributed by atoms with Gasteiger partial charge in [-0.25, -0.2) is 0 Å². The molecule has 102 valence electrons. The minimum Gasteiger partial charge on any atom is -0.377 e. The topological polar surface area (TPSA) is 29.9 Å². The van der Waals surface area contributed by atoms with Crippen LogP contribution in [0, 0.1) is 0 Å². The zero-order chi connectivity index (χ0) is 13.8. The third kappa shape index (κ3) is 3.70. The number of nitrogens with one attached hydrogen (secondary N) is 1. The van der Waals surface area contributed by atoms with Crippen molar-refractivity contribution in [3.8, 4) is 0 Å². The fourth-order valence-corrected chi connectivity index (χ4v) is 2.37. The first-order valence-corrected chi connectivity index (χ1v) is 6.73. The van der Waals surface area contributed by atoms with Crippen LogP contribution >= 0.6 is 11.8 Å². The molecular formula is C13H15F2N3S. The van der Waals surface area contributed by atoms with Crippen molar-refractivity contribution in [2.24, 2.45) is 7.05 Å². The van der Waals surface area contributed by atoms with E-state index < -0.39 is 5.76 Å². The number of nitrogens with zero attached hydrogens (tertiary/aromatic N) is 2. The van der Waals surface area contributed by atoms with Crippen molar-refractivity contribution in [1.29, 1.82) is 0 Å². The van der Waals surface area contributed by atoms with Crippen molar-refractivity contribution in [3.05, 3.63) is 42.2 Å². The molecule has 1 N–H and O–H groups in total. The van der Waals surface area contributed by atoms with Crippen molar-refractivity contribution in [2.75, 3.05) is 5.32 Å². The Morgan fingerprint density at radius 3 is 2.68 bits per heavy atom. The summed E-state index contributed by atoms with van der Waals surface area (Å²) in [4.78, 5) is 0.549. The minimum atomic E-state index is -2.42. The van der Waals surface area contributed by atoms with Crippen LogP contribution in [0.1, 0.15) is 18.5 Å². The predicted octanol–water partition coefficient (Wildman–Crippen LogP) is 3.91. The molecule has 0 aliphatic heterocycles. The molecule has 0 aliphatic carbocycles. The van der Waals surface area contributed by atoms with Crippen LogP contribution < -0.4 is 5.32 Å². The maximum absolute atomic E-state index is 12.5. The average Bonchev–Trinajstić information content (AvgIpc) is 2.78. The molecule has 0 fully saturated rings. The number of anilines is 1. The summed E-state index contributed by atoms with van der Waals surface area (Å²) >= 11 is 0.551. The van der Waals surface area contributed by atoms with E-state index in [0.717, 1.165) is 5.56 Å². The van der Waals surface area contributed by atoms with Gasteiger partial charge in [-0.2, -0.15) is 13.9 Å². The molecule has 3 nitrogen and oxygen atoms in total. The second-order valence-electron chi connectivity index (χ2n) is 4.19. The fourth-order valence-electron chi connectivity index (χ4n) is 1.76. The number of benzene rings is 1. The lowest BCUT2D eigenvalue weighted by Gasteiger charge is -2.16. The third-order valence-electron chi connectivity index (χ3n) is 2.70. The Morgan fingerprint density at radius 2 is 2.05 bits per heavy atom. The Balaban J connectivity index is 2.14. The highest BCUT2D eigenvalue weighted by Gasteiger charge is 2.13. The van der Waals surface area contributed by atoms with Gasteiger partial charge in [0.05, 0.1) is 12.2 Å². The summed E-state index contributed by atoms with van der Waals surface area (Å²) in [6.45, 7) is 1.97. The number of hydrogen-bond acceptors (Lipinski definition) is 3. The van der Waals surface area contributed by atoms with Crippen molar-refractivity contribution < 1.29 is 8.78 Å². The van der Waals surface area contributed by atoms with E-state index in [1.54, 1.807) is 29.1 Å². The van der Waals surface area contributed by atoms with E-state index in [1.807, 2.05) is 26.2 Å². The second-order valence-corrected chi connectivity index (χ2v) is 5.22. The smallest absolute Gasteiger partial charge is 0.288 e. The minimum absolute atomic E-state index is 0.00752. The number of thioether (sulfide) groups is 1. The maximum Gasteiger partial charge on any atom is 0.288 e. The Hall–Kier alpha value is -1.56. The summed E-state index contributed by atoms with van der Waals surface area (Å²) in [6.07, 6.45) is 3.67. The standard InChI is InChI=1S/C13H15F2N3S/c1-9(10-7-16-18(2)8-10)17-11-5-3-4-6-12(11)19-13(14)15/h3-9,13,17H,1-2H3. The van der Waals surface area contributed by atoms with Gasteiger partial charge in [-0.3, -0.25) is 4.68 Å². The van der Waals surface area contributed by atoms with Gasteiger partial charge in [0, 0.05) is 29.4 Å². The number of rotatable bonds is 5. The second kappa shape index (κ2) is 6.06. The number of para-hydroxylation sites is 1. The Morgan fingerprint density at radius 1 is 1.32 bits per heavy atom. The van der Waals surface area contributed by atoms with Gasteiger partial charge in [0.25, 0.3) is 5.76 Å². The third-order valence-corrected chi connectivity index (χ3v) is 3.49. The molecule has 0 aliphatic rings. The molecular weight excluding hydrogens is 268 g/mol. The van der Waals surface area contributed by atoms with E-state index in [2.05, 4.69) is 10.4 Å². The van der Waals surface area contributed by atoms with Crippen molar-refractivity contribution >= 4 is 17.4 Å². The van der Waals surface area contributed by atoms with Gasteiger partial charge >= 0.3 is 0 Å². The van der Waals surface area contributed by atoms with E-state index in [1.165, 1.54) is 0 Å². The Bertz CT molecular complexity index is 542. The summed E-state index contributed by atoms with van der Waals surface area (Å²) in [6, 6.07) is 7.08. The molecule has 19 heavy (non-hydrogen) atoms. The highest BCUT2D eigenvalue weighted by molar-refractivity contribution is 7.99. The van der Waals surface area contributed by atoms with Crippen LogP contribution in [0.15, 0.2) is 41.6 Å². The van der Waals surface area contributed by atoms with Gasteiger partial charge in [-0.1, -0.05) is 23.9 Å². The van der Waals surface area contributed by atoms with Gasteiger partial charge in [0.15, 0.2) is 0 Å². The maximum atomic E-state index is 12.5. The lowest BCUT2D eigenvalue weighted by atomic mass is 10.2. The van der Waals surface area contributed by atoms with Gasteiger partial charge in [-0.15, -0.1) is 0 Å². The molecule has 2 rings (SSSR count). The molecule has 0 radical (unpaired) electrons. The summed E-state index contributed by atoms with van der Waals surface area (Å²) in [7, 11) is 1.84. The SMILES string of the molecule is CC(Nc1ccccc1SC(F)F)c1cnn(C)c1. The number of alkyl halides is 2. The summed E-state index contributed by atoms with van der Waals surface area (Å²) in [5.41, 5.74) is 1.73. The molecule has 0 saturated heterocycles. The molecule has 1 aromatic carbocycles. The monoisotopic (exact) mass is 283 g/mol. The molecule has 0 spiro atoms. The Labute approximate surface area is 115 Å². The van der Waals surface area contributed by atoms with Crippen LogP contribution in [0.3, 0.4) is 0 Å². The molecule has 1 atom stereocenters. The fraction of sp³-hybridized carbons (Fsp3) is 0.308. The van der Waals surface area contributed by atoms with E-state index in [4.69, 9.17) is 0 Å². The van der Waals surface area contributed by atoms with Crippen LogP contribution in [0.2, 0.25) is 0 Å². The van der Waals surface area contributed by atoms with Crippen LogP contribution in [-0.4, -0.2) is 15.5 Å². The van der Waals surface area contributed by atoms with Gasteiger partial charge in [-0.05, 0) is 19.1 Å². The first-order valence-electron chi connectivity index (χ1n) is 5.85. The first kappa shape index (κ1) is 13.9. The molecule has 0 amide bonds. The molecule has 2 aromatic rings. The number of halogens is 2. The van der Waals surface area contributed by atoms with Crippen LogP contribution in [0.4, 0.5) is 14.5 Å². The van der Waals surface area contributed by atoms with Crippen LogP contribution in [0.5, 0.6) is 0 Å². The van der Waals surface area contributed by atoms with Gasteiger partial charge < -0.3 is 5.32 Å². The normalized spacial score (nSPS) is 12.7. The van der Waals surface area contributed by atoms with Crippen LogP contribution in [0.25, 0.3) is 0 Å².